The molecule has 1 aliphatic carbocycles. The molecule has 120 valence electrons. The Hall–Kier alpha value is -1.79. The van der Waals surface area contributed by atoms with Crippen molar-refractivity contribution in [2.24, 2.45) is 5.92 Å². The Morgan fingerprint density at radius 1 is 1.18 bits per heavy atom. The normalized spacial score (nSPS) is 20.0. The van der Waals surface area contributed by atoms with Crippen molar-refractivity contribution < 1.29 is 18.0 Å². The number of aromatic nitrogens is 1. The fourth-order valence-corrected chi connectivity index (χ4v) is 2.84. The summed E-state index contributed by atoms with van der Waals surface area (Å²) in [5.74, 6) is 0.687. The van der Waals surface area contributed by atoms with E-state index in [9.17, 15) is 18.0 Å². The summed E-state index contributed by atoms with van der Waals surface area (Å²) in [5, 5.41) is 0. The number of alkyl halides is 3. The van der Waals surface area contributed by atoms with Crippen LogP contribution >= 0.6 is 0 Å². The Morgan fingerprint density at radius 3 is 2.41 bits per heavy atom. The Kier molecular flexibility index (Phi) is 3.97. The number of halogens is 3. The van der Waals surface area contributed by atoms with Crippen molar-refractivity contribution >= 4 is 11.7 Å². The number of piperazine rings is 1. The molecule has 3 rings (SSSR count). The first kappa shape index (κ1) is 15.1. The van der Waals surface area contributed by atoms with E-state index in [4.69, 9.17) is 0 Å². The van der Waals surface area contributed by atoms with Gasteiger partial charge in [0.05, 0.1) is 5.56 Å². The maximum Gasteiger partial charge on any atom is 0.416 e. The Bertz CT molecular complexity index is 549. The standard InChI is InChI=1S/C15H18F3N3O/c16-15(17,18)12-4-5-19-13(10-12)20-6-8-21(9-7-20)14(22)11-2-1-3-11/h4-5,10-11H,1-3,6-9H2. The van der Waals surface area contributed by atoms with Gasteiger partial charge in [-0.3, -0.25) is 4.79 Å². The summed E-state index contributed by atoms with van der Waals surface area (Å²) in [6.07, 6.45) is -0.128. The zero-order valence-corrected chi connectivity index (χ0v) is 12.1. The molecular weight excluding hydrogens is 295 g/mol. The van der Waals surface area contributed by atoms with Crippen molar-refractivity contribution in [1.82, 2.24) is 9.88 Å². The minimum absolute atomic E-state index is 0.165. The van der Waals surface area contributed by atoms with Gasteiger partial charge in [0, 0.05) is 38.3 Å². The molecule has 22 heavy (non-hydrogen) atoms. The predicted octanol–water partition coefficient (Wildman–Crippen LogP) is 2.55. The van der Waals surface area contributed by atoms with E-state index in [-0.39, 0.29) is 11.8 Å². The molecule has 1 aromatic heterocycles. The predicted molar refractivity (Wildman–Crippen MR) is 75.4 cm³/mol. The maximum absolute atomic E-state index is 12.7. The average molecular weight is 313 g/mol. The van der Waals surface area contributed by atoms with Gasteiger partial charge in [-0.05, 0) is 25.0 Å². The van der Waals surface area contributed by atoms with Crippen molar-refractivity contribution in [2.75, 3.05) is 31.1 Å². The summed E-state index contributed by atoms with van der Waals surface area (Å²) >= 11 is 0. The second-order valence-corrected chi connectivity index (χ2v) is 5.84. The lowest BCUT2D eigenvalue weighted by Crippen LogP contribution is -2.51. The molecule has 1 saturated heterocycles. The molecule has 0 unspecified atom stereocenters. The summed E-state index contributed by atoms with van der Waals surface area (Å²) in [6.45, 7) is 2.14. The average Bonchev–Trinajstić information content (AvgIpc) is 2.45. The molecule has 0 N–H and O–H groups in total. The molecule has 2 fully saturated rings. The van der Waals surface area contributed by atoms with Gasteiger partial charge in [-0.25, -0.2) is 4.98 Å². The zero-order chi connectivity index (χ0) is 15.7. The monoisotopic (exact) mass is 313 g/mol. The van der Waals surface area contributed by atoms with E-state index < -0.39 is 11.7 Å². The van der Waals surface area contributed by atoms with Crippen molar-refractivity contribution in [3.05, 3.63) is 23.9 Å². The van der Waals surface area contributed by atoms with Gasteiger partial charge in [-0.2, -0.15) is 13.2 Å². The molecule has 2 heterocycles. The molecule has 1 aliphatic heterocycles. The van der Waals surface area contributed by atoms with Crippen LogP contribution in [0.4, 0.5) is 19.0 Å². The molecule has 0 spiro atoms. The molecule has 1 amide bonds. The molecule has 0 bridgehead atoms. The summed E-state index contributed by atoms with van der Waals surface area (Å²) in [6, 6.07) is 2.04. The lowest BCUT2D eigenvalue weighted by atomic mass is 9.84. The van der Waals surface area contributed by atoms with Crippen LogP contribution in [0.25, 0.3) is 0 Å². The molecule has 2 aliphatic rings. The molecule has 0 atom stereocenters. The molecule has 0 radical (unpaired) electrons. The van der Waals surface area contributed by atoms with Crippen LogP contribution in [-0.2, 0) is 11.0 Å². The van der Waals surface area contributed by atoms with Crippen LogP contribution < -0.4 is 4.90 Å². The number of hydrogen-bond donors (Lipinski definition) is 0. The number of nitrogens with zero attached hydrogens (tertiary/aromatic N) is 3. The number of hydrogen-bond acceptors (Lipinski definition) is 3. The summed E-state index contributed by atoms with van der Waals surface area (Å²) in [5.41, 5.74) is -0.689. The van der Waals surface area contributed by atoms with E-state index in [2.05, 4.69) is 4.98 Å². The van der Waals surface area contributed by atoms with Gasteiger partial charge >= 0.3 is 6.18 Å². The Morgan fingerprint density at radius 2 is 1.86 bits per heavy atom. The zero-order valence-electron chi connectivity index (χ0n) is 12.1. The maximum atomic E-state index is 12.7. The SMILES string of the molecule is O=C(C1CCC1)N1CCN(c2cc(C(F)(F)F)ccn2)CC1. The molecule has 0 aromatic carbocycles. The van der Waals surface area contributed by atoms with Gasteiger partial charge in [-0.1, -0.05) is 6.42 Å². The number of carbonyl (C=O) groups excluding carboxylic acids is 1. The summed E-state index contributed by atoms with van der Waals surface area (Å²) < 4.78 is 38.2. The quantitative estimate of drug-likeness (QED) is 0.842. The van der Waals surface area contributed by atoms with Crippen LogP contribution in [0.15, 0.2) is 18.3 Å². The smallest absolute Gasteiger partial charge is 0.353 e. The van der Waals surface area contributed by atoms with E-state index in [1.165, 1.54) is 6.20 Å². The topological polar surface area (TPSA) is 36.4 Å². The van der Waals surface area contributed by atoms with Crippen molar-refractivity contribution in [2.45, 2.75) is 25.4 Å². The first-order valence-corrected chi connectivity index (χ1v) is 7.52. The second kappa shape index (κ2) is 5.78. The van der Waals surface area contributed by atoms with Gasteiger partial charge in [0.15, 0.2) is 0 Å². The highest BCUT2D eigenvalue weighted by atomic mass is 19.4. The number of rotatable bonds is 2. The second-order valence-electron chi connectivity index (χ2n) is 5.84. The number of pyridine rings is 1. The van der Waals surface area contributed by atoms with Crippen LogP contribution in [0, 0.1) is 5.92 Å². The number of anilines is 1. The van der Waals surface area contributed by atoms with Crippen molar-refractivity contribution in [3.63, 3.8) is 0 Å². The molecule has 1 aromatic rings. The van der Waals surface area contributed by atoms with Gasteiger partial charge in [0.1, 0.15) is 5.82 Å². The van der Waals surface area contributed by atoms with Gasteiger partial charge in [0.2, 0.25) is 5.91 Å². The number of amides is 1. The van der Waals surface area contributed by atoms with E-state index >= 15 is 0 Å². The third-order valence-corrected chi connectivity index (χ3v) is 4.44. The largest absolute Gasteiger partial charge is 0.416 e. The summed E-state index contributed by atoms with van der Waals surface area (Å²) in [4.78, 5) is 19.8. The molecular formula is C15H18F3N3O. The lowest BCUT2D eigenvalue weighted by molar-refractivity contribution is -0.138. The fourth-order valence-electron chi connectivity index (χ4n) is 2.84. The highest BCUT2D eigenvalue weighted by Gasteiger charge is 2.33. The van der Waals surface area contributed by atoms with E-state index in [0.717, 1.165) is 31.4 Å². The third-order valence-electron chi connectivity index (χ3n) is 4.44. The van der Waals surface area contributed by atoms with Gasteiger partial charge in [0.25, 0.3) is 0 Å². The first-order chi connectivity index (χ1) is 10.4. The fraction of sp³-hybridized carbons (Fsp3) is 0.600. The number of carbonyl (C=O) groups is 1. The molecule has 1 saturated carbocycles. The van der Waals surface area contributed by atoms with Crippen LogP contribution in [0.5, 0.6) is 0 Å². The van der Waals surface area contributed by atoms with E-state index in [1.54, 1.807) is 4.90 Å². The van der Waals surface area contributed by atoms with E-state index in [0.29, 0.717) is 32.0 Å². The minimum atomic E-state index is -4.36. The Labute approximate surface area is 126 Å². The van der Waals surface area contributed by atoms with Crippen molar-refractivity contribution in [1.29, 1.82) is 0 Å². The summed E-state index contributed by atoms with van der Waals surface area (Å²) in [7, 11) is 0. The lowest BCUT2D eigenvalue weighted by Gasteiger charge is -2.38. The highest BCUT2D eigenvalue weighted by molar-refractivity contribution is 5.79. The van der Waals surface area contributed by atoms with Gasteiger partial charge < -0.3 is 9.80 Å². The molecule has 7 heteroatoms. The Balaban J connectivity index is 1.62. The first-order valence-electron chi connectivity index (χ1n) is 7.52. The van der Waals surface area contributed by atoms with Crippen LogP contribution in [0.2, 0.25) is 0 Å². The minimum Gasteiger partial charge on any atom is -0.353 e. The molecule has 4 nitrogen and oxygen atoms in total. The highest BCUT2D eigenvalue weighted by Crippen LogP contribution is 2.31. The van der Waals surface area contributed by atoms with E-state index in [1.807, 2.05) is 4.90 Å². The van der Waals surface area contributed by atoms with Crippen molar-refractivity contribution in [3.8, 4) is 0 Å². The third kappa shape index (κ3) is 3.03. The van der Waals surface area contributed by atoms with Crippen LogP contribution in [0.1, 0.15) is 24.8 Å². The van der Waals surface area contributed by atoms with Crippen LogP contribution in [-0.4, -0.2) is 42.0 Å². The van der Waals surface area contributed by atoms with Gasteiger partial charge in [-0.15, -0.1) is 0 Å². The van der Waals surface area contributed by atoms with Crippen LogP contribution in [0.3, 0.4) is 0 Å².